The topological polar surface area (TPSA) is 114 Å². The van der Waals surface area contributed by atoms with Crippen molar-refractivity contribution in [3.8, 4) is 0 Å². The maximum Gasteiger partial charge on any atom is 0.341 e. The average molecular weight is 734 g/mol. The number of fused-ring (bicyclic) bond motifs is 1. The molecule has 1 unspecified atom stereocenters. The average Bonchev–Trinajstić information content (AvgIpc) is 3.41. The lowest BCUT2D eigenvalue weighted by atomic mass is 9.96. The van der Waals surface area contributed by atoms with E-state index in [-0.39, 0.29) is 28.8 Å². The zero-order chi connectivity index (χ0) is 35.6. The molecule has 50 heavy (non-hydrogen) atoms. The highest BCUT2D eigenvalue weighted by atomic mass is 35.5. The molecule has 8 nitrogen and oxygen atoms in total. The summed E-state index contributed by atoms with van der Waals surface area (Å²) in [4.78, 5) is 54.8. The largest absolute Gasteiger partial charge is 0.462 e. The Hall–Kier alpha value is -4.45. The minimum absolute atomic E-state index is 0.0550. The predicted octanol–water partition coefficient (Wildman–Crippen LogP) is 8.91. The van der Waals surface area contributed by atoms with E-state index in [0.29, 0.717) is 26.7 Å². The monoisotopic (exact) mass is 733 g/mol. The van der Waals surface area contributed by atoms with Gasteiger partial charge in [0.05, 0.1) is 22.4 Å². The van der Waals surface area contributed by atoms with Crippen molar-refractivity contribution in [1.29, 1.82) is 0 Å². The summed E-state index contributed by atoms with van der Waals surface area (Å²) < 4.78 is 20.1. The number of halogens is 2. The molecule has 3 N–H and O–H groups in total. The molecular formula is C38H37ClFN3O5S2. The molecule has 4 aromatic rings. The SMILES string of the molecule is CCOC(=O)c1c(NC(=O)C(C)Sc2cccc(NC(=O)/C(=C\c3c(F)cccc3Cl)NC(=O)c3ccccc3)c2)sc2c1CCCCCC2. The Labute approximate surface area is 303 Å². The molecule has 5 rings (SSSR count). The molecule has 1 atom stereocenters. The van der Waals surface area contributed by atoms with Crippen LogP contribution in [0.4, 0.5) is 15.1 Å². The number of rotatable bonds is 11. The minimum atomic E-state index is -0.707. The molecule has 260 valence electrons. The Morgan fingerprint density at radius 2 is 1.70 bits per heavy atom. The summed E-state index contributed by atoms with van der Waals surface area (Å²) in [6.07, 6.45) is 7.10. The van der Waals surface area contributed by atoms with E-state index in [1.165, 1.54) is 47.4 Å². The number of hydrogen-bond acceptors (Lipinski definition) is 7. The highest BCUT2D eigenvalue weighted by molar-refractivity contribution is 8.00. The molecule has 3 amide bonds. The Morgan fingerprint density at radius 3 is 2.44 bits per heavy atom. The van der Waals surface area contributed by atoms with E-state index in [1.807, 2.05) is 0 Å². The highest BCUT2D eigenvalue weighted by Gasteiger charge is 2.27. The number of carbonyl (C=O) groups excluding carboxylic acids is 4. The van der Waals surface area contributed by atoms with Gasteiger partial charge < -0.3 is 20.7 Å². The van der Waals surface area contributed by atoms with Crippen molar-refractivity contribution in [2.75, 3.05) is 17.2 Å². The van der Waals surface area contributed by atoms with Crippen LogP contribution in [0, 0.1) is 5.82 Å². The second kappa shape index (κ2) is 17.5. The molecule has 0 radical (unpaired) electrons. The van der Waals surface area contributed by atoms with Crippen LogP contribution in [0.15, 0.2) is 83.4 Å². The number of carbonyl (C=O) groups is 4. The number of thiophene rings is 1. The molecule has 3 aromatic carbocycles. The van der Waals surface area contributed by atoms with Crippen LogP contribution in [0.25, 0.3) is 6.08 Å². The molecule has 1 aliphatic carbocycles. The Morgan fingerprint density at radius 1 is 0.960 bits per heavy atom. The molecule has 0 aliphatic heterocycles. The van der Waals surface area contributed by atoms with Gasteiger partial charge in [0.1, 0.15) is 16.5 Å². The normalized spacial score (nSPS) is 13.6. The fourth-order valence-electron chi connectivity index (χ4n) is 5.48. The van der Waals surface area contributed by atoms with Crippen LogP contribution >= 0.6 is 34.7 Å². The third kappa shape index (κ3) is 9.41. The van der Waals surface area contributed by atoms with Crippen LogP contribution in [0.2, 0.25) is 5.02 Å². The van der Waals surface area contributed by atoms with Gasteiger partial charge in [-0.1, -0.05) is 54.8 Å². The van der Waals surface area contributed by atoms with Gasteiger partial charge in [-0.25, -0.2) is 9.18 Å². The van der Waals surface area contributed by atoms with E-state index >= 15 is 0 Å². The van der Waals surface area contributed by atoms with Gasteiger partial charge in [-0.15, -0.1) is 23.1 Å². The fraction of sp³-hybridized carbons (Fsp3) is 0.263. The number of hydrogen-bond donors (Lipinski definition) is 3. The minimum Gasteiger partial charge on any atom is -0.462 e. The van der Waals surface area contributed by atoms with E-state index in [1.54, 1.807) is 68.4 Å². The number of benzene rings is 3. The zero-order valence-electron chi connectivity index (χ0n) is 27.6. The third-order valence-electron chi connectivity index (χ3n) is 7.98. The number of thioether (sulfide) groups is 1. The van der Waals surface area contributed by atoms with Crippen molar-refractivity contribution >= 4 is 75.2 Å². The molecule has 1 aliphatic rings. The Kier molecular flexibility index (Phi) is 12.9. The van der Waals surface area contributed by atoms with Crippen molar-refractivity contribution in [2.24, 2.45) is 0 Å². The summed E-state index contributed by atoms with van der Waals surface area (Å²) in [7, 11) is 0. The predicted molar refractivity (Wildman–Crippen MR) is 198 cm³/mol. The first kappa shape index (κ1) is 36.8. The molecule has 0 fully saturated rings. The van der Waals surface area contributed by atoms with E-state index in [2.05, 4.69) is 16.0 Å². The lowest BCUT2D eigenvalue weighted by Crippen LogP contribution is -2.30. The van der Waals surface area contributed by atoms with Gasteiger partial charge in [0.15, 0.2) is 0 Å². The maximum atomic E-state index is 14.7. The van der Waals surface area contributed by atoms with E-state index in [9.17, 15) is 23.6 Å². The van der Waals surface area contributed by atoms with Crippen molar-refractivity contribution in [3.05, 3.63) is 116 Å². The number of aryl methyl sites for hydroxylation is 1. The standard InChI is InChI=1S/C38H37ClFN3O5S2/c1-3-48-38(47)33-27-17-9-4-5-10-20-32(27)50-37(33)43-34(44)23(2)49-26-16-11-15-25(21-26)41-36(46)31(22-28-29(39)18-12-19-30(28)40)42-35(45)24-13-7-6-8-14-24/h6-8,11-16,18-19,21-23H,3-5,9-10,17,20H2,1-2H3,(H,41,46)(H,42,45)(H,43,44)/b31-22+. The van der Waals surface area contributed by atoms with Crippen LogP contribution in [0.5, 0.6) is 0 Å². The Balaban J connectivity index is 1.32. The summed E-state index contributed by atoms with van der Waals surface area (Å²) in [5.41, 5.74) is 1.86. The number of amides is 3. The van der Waals surface area contributed by atoms with Gasteiger partial charge in [-0.2, -0.15) is 0 Å². The number of anilines is 2. The van der Waals surface area contributed by atoms with Gasteiger partial charge >= 0.3 is 5.97 Å². The maximum absolute atomic E-state index is 14.7. The van der Waals surface area contributed by atoms with Gasteiger partial charge in [-0.3, -0.25) is 14.4 Å². The number of nitrogens with one attached hydrogen (secondary N) is 3. The van der Waals surface area contributed by atoms with E-state index in [0.717, 1.165) is 49.0 Å². The smallest absolute Gasteiger partial charge is 0.341 e. The first-order valence-electron chi connectivity index (χ1n) is 16.4. The molecule has 1 heterocycles. The summed E-state index contributed by atoms with van der Waals surface area (Å²) in [5, 5.41) is 8.35. The van der Waals surface area contributed by atoms with Crippen molar-refractivity contribution in [2.45, 2.75) is 62.5 Å². The molecule has 12 heteroatoms. The van der Waals surface area contributed by atoms with E-state index < -0.39 is 28.9 Å². The lowest BCUT2D eigenvalue weighted by Gasteiger charge is -2.15. The summed E-state index contributed by atoms with van der Waals surface area (Å²) >= 11 is 8.95. The summed E-state index contributed by atoms with van der Waals surface area (Å²) in [6, 6.07) is 19.3. The van der Waals surface area contributed by atoms with Gasteiger partial charge in [0, 0.05) is 26.6 Å². The zero-order valence-corrected chi connectivity index (χ0v) is 30.0. The second-order valence-electron chi connectivity index (χ2n) is 11.6. The highest BCUT2D eigenvalue weighted by Crippen LogP contribution is 2.38. The van der Waals surface area contributed by atoms with Crippen molar-refractivity contribution < 1.29 is 28.3 Å². The molecule has 0 saturated heterocycles. The van der Waals surface area contributed by atoms with Gasteiger partial charge in [0.25, 0.3) is 11.8 Å². The number of esters is 1. The first-order valence-corrected chi connectivity index (χ1v) is 18.4. The van der Waals surface area contributed by atoms with Gasteiger partial charge in [0.2, 0.25) is 5.91 Å². The third-order valence-corrected chi connectivity index (χ3v) is 10.6. The van der Waals surface area contributed by atoms with Crippen LogP contribution in [0.1, 0.15) is 76.3 Å². The molecule has 0 saturated carbocycles. The second-order valence-corrected chi connectivity index (χ2v) is 14.5. The quantitative estimate of drug-likeness (QED) is 0.0806. The van der Waals surface area contributed by atoms with Crippen LogP contribution in [-0.4, -0.2) is 35.5 Å². The lowest BCUT2D eigenvalue weighted by molar-refractivity contribution is -0.115. The molecule has 0 bridgehead atoms. The molecular weight excluding hydrogens is 697 g/mol. The van der Waals surface area contributed by atoms with Crippen LogP contribution < -0.4 is 16.0 Å². The van der Waals surface area contributed by atoms with E-state index in [4.69, 9.17) is 16.3 Å². The summed E-state index contributed by atoms with van der Waals surface area (Å²) in [5.74, 6) is -2.63. The number of ether oxygens (including phenoxy) is 1. The summed E-state index contributed by atoms with van der Waals surface area (Å²) in [6.45, 7) is 3.76. The van der Waals surface area contributed by atoms with Crippen molar-refractivity contribution in [3.63, 3.8) is 0 Å². The Bertz CT molecular complexity index is 1890. The molecule has 0 spiro atoms. The van der Waals surface area contributed by atoms with Gasteiger partial charge in [-0.05, 0) is 93.6 Å². The molecule has 1 aromatic heterocycles. The van der Waals surface area contributed by atoms with Crippen molar-refractivity contribution in [1.82, 2.24) is 5.32 Å². The van der Waals surface area contributed by atoms with Crippen LogP contribution in [-0.2, 0) is 27.2 Å². The fourth-order valence-corrected chi connectivity index (χ4v) is 7.90. The first-order chi connectivity index (χ1) is 24.1. The van der Waals surface area contributed by atoms with Crippen LogP contribution in [0.3, 0.4) is 0 Å².